The molecule has 26 heavy (non-hydrogen) atoms. The number of aromatic nitrogens is 2. The number of rotatable bonds is 5. The Morgan fingerprint density at radius 2 is 2.00 bits per heavy atom. The third-order valence-corrected chi connectivity index (χ3v) is 4.57. The van der Waals surface area contributed by atoms with Crippen LogP contribution >= 0.6 is 15.9 Å². The van der Waals surface area contributed by atoms with Gasteiger partial charge in [-0.1, -0.05) is 12.1 Å². The zero-order valence-electron chi connectivity index (χ0n) is 14.9. The van der Waals surface area contributed by atoms with Gasteiger partial charge in [-0.05, 0) is 78.7 Å². The number of anilines is 1. The van der Waals surface area contributed by atoms with Crippen LogP contribution in [0.1, 0.15) is 18.2 Å². The topological polar surface area (TPSA) is 56.1 Å². The highest BCUT2D eigenvalue weighted by molar-refractivity contribution is 9.10. The molecule has 1 amide bonds. The van der Waals surface area contributed by atoms with Crippen LogP contribution < -0.4 is 10.1 Å². The molecule has 2 aromatic carbocycles. The van der Waals surface area contributed by atoms with Crippen molar-refractivity contribution < 1.29 is 9.53 Å². The summed E-state index contributed by atoms with van der Waals surface area (Å²) in [4.78, 5) is 12.5. The van der Waals surface area contributed by atoms with Gasteiger partial charge in [0.1, 0.15) is 5.75 Å². The highest BCUT2D eigenvalue weighted by Gasteiger charge is 2.16. The summed E-state index contributed by atoms with van der Waals surface area (Å²) in [7, 11) is 0. The van der Waals surface area contributed by atoms with E-state index < -0.39 is 6.10 Å². The summed E-state index contributed by atoms with van der Waals surface area (Å²) in [5.74, 6) is 0.422. The number of carbonyl (C=O) groups excluding carboxylic acids is 1. The van der Waals surface area contributed by atoms with Crippen LogP contribution in [-0.2, 0) is 4.79 Å². The zero-order chi connectivity index (χ0) is 18.7. The van der Waals surface area contributed by atoms with E-state index >= 15 is 0 Å². The number of nitrogens with zero attached hydrogens (tertiary/aromatic N) is 2. The number of aryl methyl sites for hydroxylation is 2. The molecule has 0 aliphatic carbocycles. The Balaban J connectivity index is 1.70. The van der Waals surface area contributed by atoms with E-state index in [0.717, 1.165) is 21.4 Å². The van der Waals surface area contributed by atoms with Crippen molar-refractivity contribution in [1.29, 1.82) is 0 Å². The largest absolute Gasteiger partial charge is 0.480 e. The average molecular weight is 414 g/mol. The highest BCUT2D eigenvalue weighted by Crippen LogP contribution is 2.27. The maximum atomic E-state index is 12.5. The van der Waals surface area contributed by atoms with Crippen LogP contribution in [0.25, 0.3) is 5.69 Å². The molecular formula is C20H20BrN3O2. The summed E-state index contributed by atoms with van der Waals surface area (Å²) >= 11 is 3.46. The molecule has 0 aliphatic rings. The van der Waals surface area contributed by atoms with Gasteiger partial charge in [-0.3, -0.25) is 4.79 Å². The molecule has 6 heteroatoms. The van der Waals surface area contributed by atoms with Crippen molar-refractivity contribution in [1.82, 2.24) is 9.78 Å². The smallest absolute Gasteiger partial charge is 0.265 e. The Labute approximate surface area is 161 Å². The van der Waals surface area contributed by atoms with Gasteiger partial charge in [0.05, 0.1) is 10.2 Å². The third-order valence-electron chi connectivity index (χ3n) is 3.95. The SMILES string of the molecule is Cc1ccc(OC(C)C(=O)Nc2cccc(-n3nccc3C)c2)c(Br)c1. The molecule has 1 heterocycles. The zero-order valence-corrected chi connectivity index (χ0v) is 16.4. The standard InChI is InChI=1S/C20H20BrN3O2/c1-13-7-8-19(18(21)11-13)26-15(3)20(25)23-16-5-4-6-17(12-16)24-14(2)9-10-22-24/h4-12,15H,1-3H3,(H,23,25). The number of halogens is 1. The molecule has 0 saturated carbocycles. The van der Waals surface area contributed by atoms with Gasteiger partial charge in [-0.25, -0.2) is 4.68 Å². The van der Waals surface area contributed by atoms with Gasteiger partial charge in [0.25, 0.3) is 5.91 Å². The second-order valence-electron chi connectivity index (χ2n) is 6.12. The minimum absolute atomic E-state index is 0.216. The second-order valence-corrected chi connectivity index (χ2v) is 6.97. The van der Waals surface area contributed by atoms with Crippen molar-refractivity contribution in [3.05, 3.63) is 70.5 Å². The number of carbonyl (C=O) groups is 1. The van der Waals surface area contributed by atoms with Crippen LogP contribution in [0.2, 0.25) is 0 Å². The van der Waals surface area contributed by atoms with Crippen LogP contribution in [0.15, 0.2) is 59.2 Å². The van der Waals surface area contributed by atoms with E-state index in [4.69, 9.17) is 4.74 Å². The third kappa shape index (κ3) is 4.14. The maximum absolute atomic E-state index is 12.5. The van der Waals surface area contributed by atoms with E-state index in [9.17, 15) is 4.79 Å². The van der Waals surface area contributed by atoms with Crippen molar-refractivity contribution in [3.63, 3.8) is 0 Å². The van der Waals surface area contributed by atoms with Gasteiger partial charge >= 0.3 is 0 Å². The molecular weight excluding hydrogens is 394 g/mol. The molecule has 0 saturated heterocycles. The Hall–Kier alpha value is -2.60. The molecule has 0 radical (unpaired) electrons. The lowest BCUT2D eigenvalue weighted by molar-refractivity contribution is -0.122. The molecule has 5 nitrogen and oxygen atoms in total. The van der Waals surface area contributed by atoms with Crippen molar-refractivity contribution in [2.75, 3.05) is 5.32 Å². The van der Waals surface area contributed by atoms with E-state index in [0.29, 0.717) is 11.4 Å². The Bertz CT molecular complexity index is 936. The lowest BCUT2D eigenvalue weighted by Gasteiger charge is -2.16. The summed E-state index contributed by atoms with van der Waals surface area (Å²) in [5.41, 5.74) is 3.72. The Morgan fingerprint density at radius 3 is 2.69 bits per heavy atom. The van der Waals surface area contributed by atoms with E-state index in [1.165, 1.54) is 0 Å². The Morgan fingerprint density at radius 1 is 1.19 bits per heavy atom. The molecule has 0 bridgehead atoms. The molecule has 3 rings (SSSR count). The summed E-state index contributed by atoms with van der Waals surface area (Å²) < 4.78 is 8.42. The maximum Gasteiger partial charge on any atom is 0.265 e. The fourth-order valence-corrected chi connectivity index (χ4v) is 3.13. The number of hydrogen-bond acceptors (Lipinski definition) is 3. The predicted octanol–water partition coefficient (Wildman–Crippen LogP) is 4.66. The number of benzene rings is 2. The van der Waals surface area contributed by atoms with Gasteiger partial charge in [-0.15, -0.1) is 0 Å². The second kappa shape index (κ2) is 7.74. The van der Waals surface area contributed by atoms with Gasteiger partial charge in [0.2, 0.25) is 0 Å². The number of nitrogens with one attached hydrogen (secondary N) is 1. The van der Waals surface area contributed by atoms with Crippen LogP contribution in [0.3, 0.4) is 0 Å². The minimum atomic E-state index is -0.635. The molecule has 1 aromatic heterocycles. The van der Waals surface area contributed by atoms with E-state index in [2.05, 4.69) is 26.3 Å². The van der Waals surface area contributed by atoms with Crippen LogP contribution in [0.5, 0.6) is 5.75 Å². The number of ether oxygens (including phenoxy) is 1. The predicted molar refractivity (Wildman–Crippen MR) is 106 cm³/mol. The van der Waals surface area contributed by atoms with E-state index in [-0.39, 0.29) is 5.91 Å². The van der Waals surface area contributed by atoms with Crippen LogP contribution in [0.4, 0.5) is 5.69 Å². The number of hydrogen-bond donors (Lipinski definition) is 1. The first kappa shape index (κ1) is 18.2. The van der Waals surface area contributed by atoms with Crippen LogP contribution in [0, 0.1) is 13.8 Å². The van der Waals surface area contributed by atoms with Gasteiger partial charge in [0, 0.05) is 17.6 Å². The monoisotopic (exact) mass is 413 g/mol. The lowest BCUT2D eigenvalue weighted by atomic mass is 10.2. The van der Waals surface area contributed by atoms with Crippen molar-refractivity contribution in [2.24, 2.45) is 0 Å². The fraction of sp³-hybridized carbons (Fsp3) is 0.200. The van der Waals surface area contributed by atoms with Gasteiger partial charge in [-0.2, -0.15) is 5.10 Å². The van der Waals surface area contributed by atoms with E-state index in [1.807, 2.05) is 67.1 Å². The van der Waals surface area contributed by atoms with E-state index in [1.54, 1.807) is 13.1 Å². The quantitative estimate of drug-likeness (QED) is 0.661. The molecule has 0 spiro atoms. The normalized spacial score (nSPS) is 11.8. The molecule has 1 unspecified atom stereocenters. The van der Waals surface area contributed by atoms with Gasteiger partial charge in [0.15, 0.2) is 6.10 Å². The lowest BCUT2D eigenvalue weighted by Crippen LogP contribution is -2.30. The summed E-state index contributed by atoms with van der Waals surface area (Å²) in [5, 5.41) is 7.18. The first-order valence-electron chi connectivity index (χ1n) is 8.29. The first-order valence-corrected chi connectivity index (χ1v) is 9.08. The minimum Gasteiger partial charge on any atom is -0.480 e. The fourth-order valence-electron chi connectivity index (χ4n) is 2.54. The molecule has 1 atom stereocenters. The molecule has 134 valence electrons. The average Bonchev–Trinajstić information content (AvgIpc) is 3.03. The molecule has 3 aromatic rings. The van der Waals surface area contributed by atoms with Crippen molar-refractivity contribution in [2.45, 2.75) is 26.9 Å². The molecule has 1 N–H and O–H groups in total. The summed E-state index contributed by atoms with van der Waals surface area (Å²) in [6, 6.07) is 15.2. The van der Waals surface area contributed by atoms with Crippen molar-refractivity contribution >= 4 is 27.5 Å². The highest BCUT2D eigenvalue weighted by atomic mass is 79.9. The first-order chi connectivity index (χ1) is 12.4. The molecule has 0 aliphatic heterocycles. The Kier molecular flexibility index (Phi) is 5.42. The number of amides is 1. The van der Waals surface area contributed by atoms with Crippen LogP contribution in [-0.4, -0.2) is 21.8 Å². The molecule has 0 fully saturated rings. The van der Waals surface area contributed by atoms with Gasteiger partial charge < -0.3 is 10.1 Å². The summed E-state index contributed by atoms with van der Waals surface area (Å²) in [6.07, 6.45) is 1.11. The summed E-state index contributed by atoms with van der Waals surface area (Å²) in [6.45, 7) is 5.70. The van der Waals surface area contributed by atoms with Crippen molar-refractivity contribution in [3.8, 4) is 11.4 Å².